The molecule has 2 N–H and O–H groups in total. The topological polar surface area (TPSA) is 138 Å². The number of ether oxygens (including phenoxy) is 1. The molecule has 4 unspecified atom stereocenters. The molecule has 0 bridgehead atoms. The third kappa shape index (κ3) is 4.64. The van der Waals surface area contributed by atoms with Gasteiger partial charge in [0.25, 0.3) is 0 Å². The second kappa shape index (κ2) is 10.6. The number of aromatic hydroxyl groups is 1. The van der Waals surface area contributed by atoms with Crippen molar-refractivity contribution in [2.24, 2.45) is 17.8 Å². The van der Waals surface area contributed by atoms with Crippen molar-refractivity contribution in [2.75, 3.05) is 13.7 Å². The molecule has 3 aliphatic carbocycles. The van der Waals surface area contributed by atoms with Gasteiger partial charge in [-0.2, -0.15) is 0 Å². The van der Waals surface area contributed by atoms with Crippen LogP contribution in [0.5, 0.6) is 11.5 Å². The Kier molecular flexibility index (Phi) is 7.33. The Labute approximate surface area is 233 Å². The maximum Gasteiger partial charge on any atom is 0.303 e. The molecule has 0 saturated carbocycles. The molecule has 1 heterocycles. The number of rotatable bonds is 8. The van der Waals surface area contributed by atoms with Gasteiger partial charge in [-0.3, -0.25) is 28.9 Å². The van der Waals surface area contributed by atoms with E-state index in [0.717, 1.165) is 5.57 Å². The van der Waals surface area contributed by atoms with Crippen molar-refractivity contribution >= 4 is 45.3 Å². The first-order valence-electron chi connectivity index (χ1n) is 13.0. The highest BCUT2D eigenvalue weighted by Gasteiger charge is 2.56. The Bertz CT molecular complexity index is 1390. The van der Waals surface area contributed by atoms with Crippen LogP contribution in [0.4, 0.5) is 0 Å². The van der Waals surface area contributed by atoms with Crippen LogP contribution in [-0.4, -0.2) is 58.1 Å². The molecule has 1 aliphatic heterocycles. The minimum absolute atomic E-state index is 0.0147. The molecule has 10 heteroatoms. The van der Waals surface area contributed by atoms with Gasteiger partial charge in [-0.1, -0.05) is 24.1 Å². The third-order valence-corrected chi connectivity index (χ3v) is 8.81. The molecule has 4 atom stereocenters. The number of phenols is 1. The number of fused-ring (bicyclic) bond motifs is 3. The van der Waals surface area contributed by atoms with Gasteiger partial charge < -0.3 is 14.9 Å². The average Bonchev–Trinajstić information content (AvgIpc) is 3.15. The largest absolute Gasteiger partial charge is 0.508 e. The maximum absolute atomic E-state index is 13.7. The lowest BCUT2D eigenvalue weighted by Crippen LogP contribution is -2.39. The van der Waals surface area contributed by atoms with Gasteiger partial charge in [0.15, 0.2) is 11.6 Å². The normalized spacial score (nSPS) is 26.2. The van der Waals surface area contributed by atoms with Gasteiger partial charge in [-0.05, 0) is 53.6 Å². The lowest BCUT2D eigenvalue weighted by molar-refractivity contribution is -0.141. The van der Waals surface area contributed by atoms with E-state index in [1.807, 2.05) is 6.08 Å². The Hall–Kier alpha value is -3.53. The van der Waals surface area contributed by atoms with E-state index in [9.17, 15) is 29.1 Å². The monoisotopic (exact) mass is 597 g/mol. The molecule has 4 aliphatic rings. The summed E-state index contributed by atoms with van der Waals surface area (Å²) in [5.41, 5.74) is 2.05. The SMILES string of the molecule is COc1cc(O)ccc1C1C2=CCC3C(=O)N(CCCCCC(=O)O)C(=O)C3C2CC2=C1C(=O)C=C(Br)C2=O. The molecule has 1 saturated heterocycles. The van der Waals surface area contributed by atoms with E-state index >= 15 is 0 Å². The van der Waals surface area contributed by atoms with Gasteiger partial charge in [0.2, 0.25) is 11.8 Å². The van der Waals surface area contributed by atoms with Crippen LogP contribution in [0.3, 0.4) is 0 Å². The van der Waals surface area contributed by atoms with Crippen LogP contribution >= 0.6 is 15.9 Å². The summed E-state index contributed by atoms with van der Waals surface area (Å²) in [6.07, 6.45) is 5.31. The third-order valence-electron chi connectivity index (χ3n) is 8.22. The summed E-state index contributed by atoms with van der Waals surface area (Å²) in [4.78, 5) is 65.7. The number of carbonyl (C=O) groups is 5. The first kappa shape index (κ1) is 27.1. The highest BCUT2D eigenvalue weighted by molar-refractivity contribution is 9.12. The van der Waals surface area contributed by atoms with Gasteiger partial charge in [0.05, 0.1) is 23.4 Å². The predicted molar refractivity (Wildman–Crippen MR) is 142 cm³/mol. The Morgan fingerprint density at radius 1 is 1.10 bits per heavy atom. The molecule has 9 nitrogen and oxygen atoms in total. The number of hydrogen-bond acceptors (Lipinski definition) is 7. The van der Waals surface area contributed by atoms with Gasteiger partial charge in [-0.25, -0.2) is 0 Å². The van der Waals surface area contributed by atoms with Crippen LogP contribution < -0.4 is 4.74 Å². The van der Waals surface area contributed by atoms with E-state index in [4.69, 9.17) is 9.84 Å². The zero-order valence-corrected chi connectivity index (χ0v) is 22.9. The number of carboxylic acids is 1. The molecule has 0 spiro atoms. The number of nitrogens with zero attached hydrogens (tertiary/aromatic N) is 1. The number of carbonyl (C=O) groups excluding carboxylic acids is 4. The van der Waals surface area contributed by atoms with Crippen molar-refractivity contribution in [1.29, 1.82) is 0 Å². The lowest BCUT2D eigenvalue weighted by Gasteiger charge is -2.42. The number of hydrogen-bond donors (Lipinski definition) is 2. The number of aliphatic carboxylic acids is 1. The summed E-state index contributed by atoms with van der Waals surface area (Å²) >= 11 is 3.21. The van der Waals surface area contributed by atoms with Crippen molar-refractivity contribution in [1.82, 2.24) is 4.90 Å². The number of imide groups is 1. The van der Waals surface area contributed by atoms with Gasteiger partial charge >= 0.3 is 5.97 Å². The van der Waals surface area contributed by atoms with Crippen LogP contribution in [0.15, 0.2) is 51.6 Å². The zero-order valence-electron chi connectivity index (χ0n) is 21.3. The Morgan fingerprint density at radius 3 is 2.59 bits per heavy atom. The average molecular weight is 598 g/mol. The molecule has 204 valence electrons. The standard InChI is InChI=1S/C29H28BrNO8/c1-39-22-11-14(32)6-7-16(22)24-15-8-9-17-25(18(15)12-19-26(24)21(33)13-20(30)27(19)36)29(38)31(28(17)37)10-4-2-3-5-23(34)35/h6-8,11,13,17-18,24-25,32H,2-5,9-10,12H2,1H3,(H,34,35). The summed E-state index contributed by atoms with van der Waals surface area (Å²) in [5.74, 6) is -4.06. The molecule has 39 heavy (non-hydrogen) atoms. The van der Waals surface area contributed by atoms with Gasteiger partial charge in [-0.15, -0.1) is 0 Å². The summed E-state index contributed by atoms with van der Waals surface area (Å²) < 4.78 is 5.70. The number of Topliss-reactive ketones (excluding diaryl/α,β-unsaturated/α-hetero) is 1. The van der Waals surface area contributed by atoms with E-state index in [1.165, 1.54) is 30.2 Å². The summed E-state index contributed by atoms with van der Waals surface area (Å²) in [6, 6.07) is 4.60. The smallest absolute Gasteiger partial charge is 0.303 e. The van der Waals surface area contributed by atoms with E-state index in [0.29, 0.717) is 48.1 Å². The summed E-state index contributed by atoms with van der Waals surface area (Å²) in [5, 5.41) is 18.9. The van der Waals surface area contributed by atoms with Crippen LogP contribution in [0.25, 0.3) is 0 Å². The molecular weight excluding hydrogens is 570 g/mol. The minimum atomic E-state index is -0.879. The number of unbranched alkanes of at least 4 members (excludes halogenated alkanes) is 2. The fourth-order valence-electron chi connectivity index (χ4n) is 6.51. The Balaban J connectivity index is 1.52. The molecule has 1 fully saturated rings. The number of amides is 2. The number of methoxy groups -OCH3 is 1. The highest BCUT2D eigenvalue weighted by Crippen LogP contribution is 2.56. The van der Waals surface area contributed by atoms with Crippen molar-refractivity contribution < 1.29 is 38.9 Å². The highest BCUT2D eigenvalue weighted by atomic mass is 79.9. The van der Waals surface area contributed by atoms with E-state index in [1.54, 1.807) is 6.07 Å². The fraction of sp³-hybridized carbons (Fsp3) is 0.414. The number of benzene rings is 1. The zero-order chi connectivity index (χ0) is 28.0. The number of carboxylic acid groups (broad SMARTS) is 1. The van der Waals surface area contributed by atoms with Crippen molar-refractivity contribution in [2.45, 2.75) is 44.4 Å². The fourth-order valence-corrected chi connectivity index (χ4v) is 6.96. The minimum Gasteiger partial charge on any atom is -0.508 e. The van der Waals surface area contributed by atoms with Crippen LogP contribution in [0, 0.1) is 17.8 Å². The maximum atomic E-state index is 13.7. The van der Waals surface area contributed by atoms with Crippen LogP contribution in [0.1, 0.15) is 50.0 Å². The lowest BCUT2D eigenvalue weighted by atomic mass is 9.59. The van der Waals surface area contributed by atoms with Gasteiger partial charge in [0.1, 0.15) is 11.5 Å². The van der Waals surface area contributed by atoms with Crippen molar-refractivity contribution in [3.05, 3.63) is 57.1 Å². The van der Waals surface area contributed by atoms with E-state index in [-0.39, 0.29) is 53.0 Å². The molecule has 0 radical (unpaired) electrons. The van der Waals surface area contributed by atoms with E-state index in [2.05, 4.69) is 15.9 Å². The number of halogens is 1. The number of ketones is 2. The van der Waals surface area contributed by atoms with Crippen LogP contribution in [-0.2, 0) is 24.0 Å². The Morgan fingerprint density at radius 2 is 1.87 bits per heavy atom. The molecule has 1 aromatic carbocycles. The van der Waals surface area contributed by atoms with Crippen molar-refractivity contribution in [3.63, 3.8) is 0 Å². The number of phenolic OH excluding ortho intramolecular Hbond substituents is 1. The molecule has 1 aromatic rings. The number of likely N-dealkylation sites (tertiary alicyclic amines) is 1. The van der Waals surface area contributed by atoms with Crippen LogP contribution in [0.2, 0.25) is 0 Å². The second-order valence-electron chi connectivity index (χ2n) is 10.4. The molecule has 5 rings (SSSR count). The second-order valence-corrected chi connectivity index (χ2v) is 11.2. The van der Waals surface area contributed by atoms with E-state index < -0.39 is 29.6 Å². The van der Waals surface area contributed by atoms with Gasteiger partial charge in [0, 0.05) is 47.7 Å². The van der Waals surface area contributed by atoms with Crippen molar-refractivity contribution in [3.8, 4) is 11.5 Å². The summed E-state index contributed by atoms with van der Waals surface area (Å²) in [7, 11) is 1.46. The molecular formula is C29H28BrNO8. The quantitative estimate of drug-likeness (QED) is 0.200. The first-order chi connectivity index (χ1) is 18.6. The summed E-state index contributed by atoms with van der Waals surface area (Å²) in [6.45, 7) is 0.223. The number of allylic oxidation sites excluding steroid dienone is 6. The first-order valence-corrected chi connectivity index (χ1v) is 13.8. The molecule has 2 amide bonds. The predicted octanol–water partition coefficient (Wildman–Crippen LogP) is 3.81. The molecule has 0 aromatic heterocycles.